The van der Waals surface area contributed by atoms with Gasteiger partial charge in [0.25, 0.3) is 0 Å². The Bertz CT molecular complexity index is 392. The lowest BCUT2D eigenvalue weighted by Gasteiger charge is -1.91. The molecule has 0 bridgehead atoms. The maximum absolute atomic E-state index is 9.21. The van der Waals surface area contributed by atoms with Gasteiger partial charge < -0.3 is 9.51 Å². The smallest absolute Gasteiger partial charge is 0.233 e. The van der Waals surface area contributed by atoms with E-state index >= 15 is 0 Å². The molecule has 2 aromatic heterocycles. The highest BCUT2D eigenvalue weighted by molar-refractivity contribution is 5.44. The Hall–Kier alpha value is -1.51. The first-order chi connectivity index (χ1) is 5.29. The number of aromatic hydroxyl groups is 1. The maximum Gasteiger partial charge on any atom is 0.233 e. The molecule has 0 aliphatic carbocycles. The number of aromatic nitrogens is 2. The van der Waals surface area contributed by atoms with Crippen molar-refractivity contribution in [2.24, 2.45) is 0 Å². The van der Waals surface area contributed by atoms with Crippen LogP contribution in [0.2, 0.25) is 0 Å². The van der Waals surface area contributed by atoms with E-state index in [-0.39, 0.29) is 5.88 Å². The summed E-state index contributed by atoms with van der Waals surface area (Å²) in [7, 11) is 0. The summed E-state index contributed by atoms with van der Waals surface area (Å²) >= 11 is 0. The molecule has 0 unspecified atom stereocenters. The fourth-order valence-electron chi connectivity index (χ4n) is 1.11. The predicted molar refractivity (Wildman–Crippen MR) is 41.6 cm³/mol. The summed E-state index contributed by atoms with van der Waals surface area (Å²) in [5, 5.41) is 9.21. The summed E-state index contributed by atoms with van der Waals surface area (Å²) in [5.74, 6) is 0.108. The highest BCUT2D eigenvalue weighted by atomic mass is 16.3. The van der Waals surface area contributed by atoms with E-state index in [9.17, 15) is 5.11 Å². The third-order valence-electron chi connectivity index (χ3n) is 1.74. The second-order valence-electron chi connectivity index (χ2n) is 2.45. The summed E-state index contributed by atoms with van der Waals surface area (Å²) in [6, 6.07) is 5.65. The molecular formula is C8H8N2O. The Labute approximate surface area is 63.9 Å². The molecule has 0 saturated carbocycles. The minimum atomic E-state index is 0.108. The van der Waals surface area contributed by atoms with E-state index in [1.165, 1.54) is 0 Å². The van der Waals surface area contributed by atoms with Crippen LogP contribution in [0.4, 0.5) is 0 Å². The summed E-state index contributed by atoms with van der Waals surface area (Å²) < 4.78 is 1.84. The van der Waals surface area contributed by atoms with Gasteiger partial charge in [0.2, 0.25) is 5.88 Å². The normalized spacial score (nSPS) is 10.6. The predicted octanol–water partition coefficient (Wildman–Crippen LogP) is 1.35. The van der Waals surface area contributed by atoms with E-state index < -0.39 is 0 Å². The van der Waals surface area contributed by atoms with Crippen molar-refractivity contribution in [2.75, 3.05) is 0 Å². The Morgan fingerprint density at radius 2 is 2.27 bits per heavy atom. The van der Waals surface area contributed by atoms with Gasteiger partial charge in [0.15, 0.2) is 0 Å². The molecule has 56 valence electrons. The quantitative estimate of drug-likeness (QED) is 0.612. The fraction of sp³-hybridized carbons (Fsp3) is 0.125. The van der Waals surface area contributed by atoms with Crippen LogP contribution in [-0.4, -0.2) is 14.5 Å². The molecule has 0 radical (unpaired) electrons. The van der Waals surface area contributed by atoms with E-state index in [1.807, 2.05) is 35.7 Å². The topological polar surface area (TPSA) is 37.5 Å². The maximum atomic E-state index is 9.21. The first-order valence-corrected chi connectivity index (χ1v) is 3.41. The Balaban J connectivity index is 2.92. The first-order valence-electron chi connectivity index (χ1n) is 3.41. The molecule has 3 nitrogen and oxygen atoms in total. The largest absolute Gasteiger partial charge is 0.492 e. The standard InChI is InChI=1S/C8H8N2O/c1-6-8(11)9-7-4-2-3-5-10(6)7/h2-5,11H,1H3. The molecule has 0 fully saturated rings. The van der Waals surface area contributed by atoms with Crippen LogP contribution in [0.1, 0.15) is 5.69 Å². The van der Waals surface area contributed by atoms with E-state index in [0.29, 0.717) is 0 Å². The number of fused-ring (bicyclic) bond motifs is 1. The molecule has 2 rings (SSSR count). The van der Waals surface area contributed by atoms with Crippen LogP contribution in [0, 0.1) is 6.92 Å². The van der Waals surface area contributed by atoms with Crippen LogP contribution in [0.15, 0.2) is 24.4 Å². The van der Waals surface area contributed by atoms with E-state index in [2.05, 4.69) is 4.98 Å². The zero-order valence-corrected chi connectivity index (χ0v) is 6.15. The van der Waals surface area contributed by atoms with Crippen LogP contribution in [0.3, 0.4) is 0 Å². The summed E-state index contributed by atoms with van der Waals surface area (Å²) in [6.45, 7) is 1.83. The van der Waals surface area contributed by atoms with Crippen molar-refractivity contribution < 1.29 is 5.11 Å². The van der Waals surface area contributed by atoms with Crippen molar-refractivity contribution in [3.05, 3.63) is 30.1 Å². The Morgan fingerprint density at radius 1 is 1.45 bits per heavy atom. The van der Waals surface area contributed by atoms with Gasteiger partial charge in [-0.2, -0.15) is 4.98 Å². The van der Waals surface area contributed by atoms with Crippen LogP contribution in [0.25, 0.3) is 5.65 Å². The Kier molecular flexibility index (Phi) is 1.12. The van der Waals surface area contributed by atoms with Crippen molar-refractivity contribution >= 4 is 5.65 Å². The average Bonchev–Trinajstić information content (AvgIpc) is 2.30. The highest BCUT2D eigenvalue weighted by Crippen LogP contribution is 2.15. The molecule has 0 spiro atoms. The number of aryl methyl sites for hydroxylation is 1. The summed E-state index contributed by atoms with van der Waals surface area (Å²) in [4.78, 5) is 3.93. The van der Waals surface area contributed by atoms with Gasteiger partial charge in [0.1, 0.15) is 5.65 Å². The Morgan fingerprint density at radius 3 is 3.00 bits per heavy atom. The van der Waals surface area contributed by atoms with E-state index in [1.54, 1.807) is 0 Å². The van der Waals surface area contributed by atoms with Crippen molar-refractivity contribution in [3.8, 4) is 5.88 Å². The molecule has 0 atom stereocenters. The van der Waals surface area contributed by atoms with E-state index in [0.717, 1.165) is 11.3 Å². The van der Waals surface area contributed by atoms with Crippen LogP contribution in [0.5, 0.6) is 5.88 Å². The molecule has 3 heteroatoms. The zero-order valence-electron chi connectivity index (χ0n) is 6.15. The molecular weight excluding hydrogens is 140 g/mol. The van der Waals surface area contributed by atoms with Gasteiger partial charge in [0.05, 0.1) is 5.69 Å². The van der Waals surface area contributed by atoms with Crippen molar-refractivity contribution in [3.63, 3.8) is 0 Å². The van der Waals surface area contributed by atoms with Gasteiger partial charge in [-0.25, -0.2) is 0 Å². The summed E-state index contributed by atoms with van der Waals surface area (Å²) in [5.41, 5.74) is 1.56. The van der Waals surface area contributed by atoms with Gasteiger partial charge in [-0.3, -0.25) is 0 Å². The van der Waals surface area contributed by atoms with Gasteiger partial charge in [-0.15, -0.1) is 0 Å². The number of pyridine rings is 1. The number of hydrogen-bond acceptors (Lipinski definition) is 2. The van der Waals surface area contributed by atoms with E-state index in [4.69, 9.17) is 0 Å². The molecule has 2 heterocycles. The lowest BCUT2D eigenvalue weighted by atomic mass is 10.4. The number of imidazole rings is 1. The molecule has 2 aromatic rings. The number of rotatable bonds is 0. The van der Waals surface area contributed by atoms with Crippen LogP contribution < -0.4 is 0 Å². The minimum Gasteiger partial charge on any atom is -0.492 e. The van der Waals surface area contributed by atoms with Crippen LogP contribution >= 0.6 is 0 Å². The SMILES string of the molecule is Cc1c(O)nc2ccccn12. The monoisotopic (exact) mass is 148 g/mol. The minimum absolute atomic E-state index is 0.108. The molecule has 0 saturated heterocycles. The molecule has 0 aliphatic rings. The highest BCUT2D eigenvalue weighted by Gasteiger charge is 2.03. The zero-order chi connectivity index (χ0) is 7.84. The summed E-state index contributed by atoms with van der Waals surface area (Å²) in [6.07, 6.45) is 1.87. The lowest BCUT2D eigenvalue weighted by Crippen LogP contribution is -1.83. The molecule has 11 heavy (non-hydrogen) atoms. The molecule has 1 N–H and O–H groups in total. The van der Waals surface area contributed by atoms with Gasteiger partial charge in [-0.05, 0) is 19.1 Å². The average molecular weight is 148 g/mol. The van der Waals surface area contributed by atoms with Crippen molar-refractivity contribution in [1.29, 1.82) is 0 Å². The number of hydrogen-bond donors (Lipinski definition) is 1. The fourth-order valence-corrected chi connectivity index (χ4v) is 1.11. The lowest BCUT2D eigenvalue weighted by molar-refractivity contribution is 0.452. The molecule has 0 aromatic carbocycles. The van der Waals surface area contributed by atoms with Gasteiger partial charge >= 0.3 is 0 Å². The second-order valence-corrected chi connectivity index (χ2v) is 2.45. The van der Waals surface area contributed by atoms with Crippen molar-refractivity contribution in [2.45, 2.75) is 6.92 Å². The second kappa shape index (κ2) is 1.99. The van der Waals surface area contributed by atoms with Crippen molar-refractivity contribution in [1.82, 2.24) is 9.38 Å². The third kappa shape index (κ3) is 0.774. The van der Waals surface area contributed by atoms with Gasteiger partial charge in [0, 0.05) is 6.20 Å². The third-order valence-corrected chi connectivity index (χ3v) is 1.74. The number of nitrogens with zero attached hydrogens (tertiary/aromatic N) is 2. The van der Waals surface area contributed by atoms with Gasteiger partial charge in [-0.1, -0.05) is 6.07 Å². The first kappa shape index (κ1) is 6.22. The molecule has 0 amide bonds. The van der Waals surface area contributed by atoms with Crippen LogP contribution in [-0.2, 0) is 0 Å². The molecule has 0 aliphatic heterocycles.